The molecular weight excluding hydrogens is 227 g/mol. The van der Waals surface area contributed by atoms with Gasteiger partial charge < -0.3 is 9.26 Å². The van der Waals surface area contributed by atoms with E-state index in [9.17, 15) is 9.36 Å². The first kappa shape index (κ1) is 13.5. The summed E-state index contributed by atoms with van der Waals surface area (Å²) in [6.45, 7) is -1.66. The second kappa shape index (κ2) is 6.11. The Hall–Kier alpha value is -0.450. The third-order valence-electron chi connectivity index (χ3n) is 1.23. The molecule has 1 unspecified atom stereocenters. The Bertz CT molecular complexity index is 267. The van der Waals surface area contributed by atoms with Crippen LogP contribution in [0, 0.1) is 0 Å². The molecule has 5 nitrogen and oxygen atoms in total. The quantitative estimate of drug-likeness (QED) is 0.318. The molecule has 0 aromatic carbocycles. The van der Waals surface area contributed by atoms with Gasteiger partial charge in [0.2, 0.25) is 0 Å². The van der Waals surface area contributed by atoms with E-state index in [0.29, 0.717) is 0 Å². The number of esters is 1. The van der Waals surface area contributed by atoms with E-state index in [-0.39, 0.29) is 5.76 Å². The molecule has 0 aliphatic carbocycles. The summed E-state index contributed by atoms with van der Waals surface area (Å²) < 4.78 is 25.6. The lowest BCUT2D eigenvalue weighted by atomic mass is 10.5. The molecule has 0 aliphatic heterocycles. The summed E-state index contributed by atoms with van der Waals surface area (Å²) in [5.41, 5.74) is 0. The summed E-state index contributed by atoms with van der Waals surface area (Å²) in [5.74, 6) is -0.373. The summed E-state index contributed by atoms with van der Waals surface area (Å²) in [6, 6.07) is 0. The summed E-state index contributed by atoms with van der Waals surface area (Å²) >= 11 is 0.953. The van der Waals surface area contributed by atoms with Crippen molar-refractivity contribution in [2.45, 2.75) is 6.92 Å². The molecule has 0 fully saturated rings. The van der Waals surface area contributed by atoms with Crippen LogP contribution >= 0.6 is 18.2 Å². The molecule has 0 amide bonds. The maximum Gasteiger partial charge on any atom is 0.439 e. The highest BCUT2D eigenvalue weighted by atomic mass is 32.7. The zero-order chi connectivity index (χ0) is 11.2. The molecule has 0 aromatic heterocycles. The van der Waals surface area contributed by atoms with Gasteiger partial charge in [0.15, 0.2) is 0 Å². The van der Waals surface area contributed by atoms with Gasteiger partial charge in [-0.05, 0) is 24.6 Å². The van der Waals surface area contributed by atoms with Gasteiger partial charge in [0.05, 0.1) is 13.2 Å². The van der Waals surface area contributed by atoms with E-state index in [0.717, 1.165) is 17.5 Å². The van der Waals surface area contributed by atoms with Gasteiger partial charge in [-0.25, -0.2) is 9.36 Å². The van der Waals surface area contributed by atoms with Crippen molar-refractivity contribution in [3.63, 3.8) is 0 Å². The van der Waals surface area contributed by atoms with Crippen LogP contribution in [-0.2, 0) is 23.1 Å². The van der Waals surface area contributed by atoms with E-state index in [1.54, 1.807) is 6.26 Å². The molecule has 0 saturated heterocycles. The van der Waals surface area contributed by atoms with E-state index in [4.69, 9.17) is 4.52 Å². The normalized spacial score (nSPS) is 15.9. The first-order valence-electron chi connectivity index (χ1n) is 3.64. The van der Waals surface area contributed by atoms with E-state index in [1.807, 2.05) is 0 Å². The first-order chi connectivity index (χ1) is 6.47. The van der Waals surface area contributed by atoms with Crippen molar-refractivity contribution in [3.8, 4) is 0 Å². The number of methoxy groups -OCH3 is 1. The number of rotatable bonds is 5. The maximum atomic E-state index is 11.6. The minimum Gasteiger partial charge on any atom is -0.466 e. The van der Waals surface area contributed by atoms with Gasteiger partial charge in [0.25, 0.3) is 0 Å². The fourth-order valence-electron chi connectivity index (χ4n) is 0.577. The lowest BCUT2D eigenvalue weighted by Crippen LogP contribution is -1.97. The molecule has 1 atom stereocenters. The Labute approximate surface area is 87.1 Å². The van der Waals surface area contributed by atoms with Crippen molar-refractivity contribution in [1.29, 1.82) is 0 Å². The van der Waals surface area contributed by atoms with Crippen molar-refractivity contribution in [2.75, 3.05) is 20.5 Å². The molecule has 0 radical (unpaired) electrons. The first-order valence-corrected chi connectivity index (χ1v) is 7.02. The second-order valence-corrected chi connectivity index (χ2v) is 6.43. The van der Waals surface area contributed by atoms with Crippen LogP contribution in [0.5, 0.6) is 0 Å². The molecule has 82 valence electrons. The minimum absolute atomic E-state index is 0.191. The zero-order valence-electron chi connectivity index (χ0n) is 8.47. The number of ether oxygens (including phenoxy) is 1. The predicted octanol–water partition coefficient (Wildman–Crippen LogP) is 2.20. The SMILES string of the molecule is COC(=O)/C=C(\C)OP(=O)(OC)SC. The number of allylic oxidation sites excluding steroid dienone is 1. The molecule has 0 bridgehead atoms. The van der Waals surface area contributed by atoms with Crippen molar-refractivity contribution < 1.29 is 23.1 Å². The number of carbonyl (C=O) groups is 1. The largest absolute Gasteiger partial charge is 0.466 e. The Morgan fingerprint density at radius 3 is 2.36 bits per heavy atom. The van der Waals surface area contributed by atoms with Crippen LogP contribution in [0.25, 0.3) is 0 Å². The molecule has 0 aromatic rings. The van der Waals surface area contributed by atoms with Crippen molar-refractivity contribution in [3.05, 3.63) is 11.8 Å². The fraction of sp³-hybridized carbons (Fsp3) is 0.571. The topological polar surface area (TPSA) is 61.8 Å². The highest BCUT2D eigenvalue weighted by molar-refractivity contribution is 8.54. The molecule has 0 spiro atoms. The summed E-state index contributed by atoms with van der Waals surface area (Å²) in [6.07, 6.45) is 2.69. The molecule has 14 heavy (non-hydrogen) atoms. The predicted molar refractivity (Wildman–Crippen MR) is 55.0 cm³/mol. The van der Waals surface area contributed by atoms with Crippen molar-refractivity contribution in [1.82, 2.24) is 0 Å². The average molecular weight is 240 g/mol. The monoisotopic (exact) mass is 240 g/mol. The molecule has 0 aliphatic rings. The van der Waals surface area contributed by atoms with Crippen molar-refractivity contribution in [2.24, 2.45) is 0 Å². The van der Waals surface area contributed by atoms with Gasteiger partial charge in [-0.3, -0.25) is 4.52 Å². The Balaban J connectivity index is 4.44. The highest BCUT2D eigenvalue weighted by Crippen LogP contribution is 2.59. The van der Waals surface area contributed by atoms with E-state index in [1.165, 1.54) is 21.1 Å². The van der Waals surface area contributed by atoms with E-state index >= 15 is 0 Å². The van der Waals surface area contributed by atoms with Crippen LogP contribution in [-0.4, -0.2) is 26.4 Å². The maximum absolute atomic E-state index is 11.6. The van der Waals surface area contributed by atoms with Crippen LogP contribution in [0.3, 0.4) is 0 Å². The third-order valence-corrected chi connectivity index (χ3v) is 4.64. The van der Waals surface area contributed by atoms with Gasteiger partial charge in [-0.1, -0.05) is 0 Å². The van der Waals surface area contributed by atoms with Gasteiger partial charge in [-0.15, -0.1) is 0 Å². The van der Waals surface area contributed by atoms with Gasteiger partial charge in [0, 0.05) is 7.11 Å². The standard InChI is InChI=1S/C7H13O5PS/c1-6(5-7(8)10-2)12-13(9,11-3)14-4/h5H,1-4H3/b6-5+. The number of hydrogen-bond donors (Lipinski definition) is 0. The van der Waals surface area contributed by atoms with Crippen LogP contribution < -0.4 is 0 Å². The molecular formula is C7H13O5PS. The Morgan fingerprint density at radius 1 is 1.43 bits per heavy atom. The van der Waals surface area contributed by atoms with Crippen molar-refractivity contribution >= 4 is 24.1 Å². The molecule has 0 rings (SSSR count). The summed E-state index contributed by atoms with van der Waals surface area (Å²) in [7, 11) is 2.53. The second-order valence-electron chi connectivity index (χ2n) is 2.18. The lowest BCUT2D eigenvalue weighted by Gasteiger charge is -2.14. The number of hydrogen-bond acceptors (Lipinski definition) is 6. The van der Waals surface area contributed by atoms with Gasteiger partial charge >= 0.3 is 12.8 Å². The lowest BCUT2D eigenvalue weighted by molar-refractivity contribution is -0.135. The van der Waals surface area contributed by atoms with Gasteiger partial charge in [0.1, 0.15) is 5.76 Å². The smallest absolute Gasteiger partial charge is 0.439 e. The van der Waals surface area contributed by atoms with Crippen LogP contribution in [0.15, 0.2) is 11.8 Å². The Morgan fingerprint density at radius 2 is 2.00 bits per heavy atom. The Kier molecular flexibility index (Phi) is 5.92. The summed E-state index contributed by atoms with van der Waals surface area (Å²) in [5, 5.41) is 0. The van der Waals surface area contributed by atoms with E-state index < -0.39 is 12.8 Å². The molecule has 0 saturated carbocycles. The third kappa shape index (κ3) is 4.69. The summed E-state index contributed by atoms with van der Waals surface area (Å²) in [4.78, 5) is 10.8. The van der Waals surface area contributed by atoms with Crippen LogP contribution in [0.1, 0.15) is 6.92 Å². The van der Waals surface area contributed by atoms with Crippen LogP contribution in [0.2, 0.25) is 0 Å². The molecule has 0 heterocycles. The van der Waals surface area contributed by atoms with E-state index in [2.05, 4.69) is 9.26 Å². The highest BCUT2D eigenvalue weighted by Gasteiger charge is 2.23. The average Bonchev–Trinajstić information content (AvgIpc) is 2.17. The van der Waals surface area contributed by atoms with Crippen LogP contribution in [0.4, 0.5) is 0 Å². The molecule has 7 heteroatoms. The number of carbonyl (C=O) groups excluding carboxylic acids is 1. The van der Waals surface area contributed by atoms with Gasteiger partial charge in [-0.2, -0.15) is 0 Å². The molecule has 0 N–H and O–H groups in total. The fourth-order valence-corrected chi connectivity index (χ4v) is 2.30. The minimum atomic E-state index is -3.16. The zero-order valence-corrected chi connectivity index (χ0v) is 10.2.